The number of fused-ring (bicyclic) bond motifs is 1. The number of para-hydroxylation sites is 1. The van der Waals surface area contributed by atoms with Crippen LogP contribution >= 0.6 is 11.3 Å². The topological polar surface area (TPSA) is 98.7 Å². The molecule has 0 unspecified atom stereocenters. The minimum atomic E-state index is -0.293. The van der Waals surface area contributed by atoms with E-state index in [9.17, 15) is 14.4 Å². The molecule has 2 heterocycles. The zero-order valence-corrected chi connectivity index (χ0v) is 18.4. The standard InChI is InChI=1S/C23H23N3O5S/c1-15-13-32-23(29)26(15)10-4-7-21(27)25-18-6-3-2-5-17(18)22(28)24-12-16-8-9-19-20(11-16)31-14-30-19/h2-3,5-6,8-9,11,13H,4,7,10,12,14H2,1H3,(H,24,28)(H,25,27). The molecule has 0 saturated heterocycles. The summed E-state index contributed by atoms with van der Waals surface area (Å²) in [6.45, 7) is 2.87. The predicted octanol–water partition coefficient (Wildman–Crippen LogP) is 3.30. The molecule has 0 atom stereocenters. The van der Waals surface area contributed by atoms with Gasteiger partial charge in [0.15, 0.2) is 11.5 Å². The summed E-state index contributed by atoms with van der Waals surface area (Å²) >= 11 is 1.16. The van der Waals surface area contributed by atoms with Gasteiger partial charge in [-0.3, -0.25) is 14.4 Å². The SMILES string of the molecule is Cc1csc(=O)n1CCCC(=O)Nc1ccccc1C(=O)NCc1ccc2c(c1)OCO2. The molecule has 1 aromatic heterocycles. The van der Waals surface area contributed by atoms with Gasteiger partial charge < -0.3 is 24.7 Å². The number of nitrogens with zero attached hydrogens (tertiary/aromatic N) is 1. The van der Waals surface area contributed by atoms with Gasteiger partial charge in [0, 0.05) is 30.6 Å². The quantitative estimate of drug-likeness (QED) is 0.545. The van der Waals surface area contributed by atoms with Crippen LogP contribution < -0.4 is 25.0 Å². The molecule has 0 bridgehead atoms. The van der Waals surface area contributed by atoms with Gasteiger partial charge in [0.05, 0.1) is 11.3 Å². The van der Waals surface area contributed by atoms with Gasteiger partial charge in [-0.2, -0.15) is 0 Å². The van der Waals surface area contributed by atoms with Crippen LogP contribution in [-0.4, -0.2) is 23.2 Å². The molecule has 4 rings (SSSR count). The number of rotatable bonds is 8. The van der Waals surface area contributed by atoms with Crippen molar-refractivity contribution in [1.29, 1.82) is 0 Å². The van der Waals surface area contributed by atoms with Crippen LogP contribution in [0.3, 0.4) is 0 Å². The number of thiazole rings is 1. The average Bonchev–Trinajstić information content (AvgIpc) is 3.39. The Morgan fingerprint density at radius 2 is 1.94 bits per heavy atom. The number of hydrogen-bond acceptors (Lipinski definition) is 6. The van der Waals surface area contributed by atoms with Gasteiger partial charge in [0.1, 0.15) is 0 Å². The van der Waals surface area contributed by atoms with E-state index in [0.717, 1.165) is 22.6 Å². The highest BCUT2D eigenvalue weighted by Crippen LogP contribution is 2.32. The molecule has 2 amide bonds. The summed E-state index contributed by atoms with van der Waals surface area (Å²) in [4.78, 5) is 36.9. The third kappa shape index (κ3) is 5.00. The summed E-state index contributed by atoms with van der Waals surface area (Å²) in [5.41, 5.74) is 2.60. The second-order valence-corrected chi connectivity index (χ2v) is 8.18. The molecule has 0 aliphatic carbocycles. The lowest BCUT2D eigenvalue weighted by atomic mass is 10.1. The number of anilines is 1. The number of carbonyl (C=O) groups is 2. The number of nitrogens with one attached hydrogen (secondary N) is 2. The number of aryl methyl sites for hydroxylation is 1. The van der Waals surface area contributed by atoms with E-state index in [2.05, 4.69) is 10.6 Å². The van der Waals surface area contributed by atoms with Crippen molar-refractivity contribution in [3.63, 3.8) is 0 Å². The van der Waals surface area contributed by atoms with Crippen molar-refractivity contribution in [3.05, 3.63) is 74.3 Å². The number of carbonyl (C=O) groups excluding carboxylic acids is 2. The summed E-state index contributed by atoms with van der Waals surface area (Å²) in [5, 5.41) is 7.49. The predicted molar refractivity (Wildman–Crippen MR) is 121 cm³/mol. The molecule has 1 aliphatic rings. The van der Waals surface area contributed by atoms with Crippen LogP contribution in [0.25, 0.3) is 0 Å². The van der Waals surface area contributed by atoms with E-state index in [0.29, 0.717) is 42.3 Å². The third-order valence-corrected chi connectivity index (χ3v) is 5.98. The van der Waals surface area contributed by atoms with Gasteiger partial charge in [-0.15, -0.1) is 0 Å². The van der Waals surface area contributed by atoms with E-state index in [1.807, 2.05) is 25.1 Å². The molecule has 2 aromatic carbocycles. The van der Waals surface area contributed by atoms with Crippen molar-refractivity contribution >= 4 is 28.8 Å². The van der Waals surface area contributed by atoms with E-state index < -0.39 is 0 Å². The molecule has 0 saturated carbocycles. The van der Waals surface area contributed by atoms with Crippen LogP contribution in [0.15, 0.2) is 52.6 Å². The van der Waals surface area contributed by atoms with Gasteiger partial charge >= 0.3 is 4.87 Å². The Kier molecular flexibility index (Phi) is 6.55. The molecule has 166 valence electrons. The van der Waals surface area contributed by atoms with E-state index in [1.54, 1.807) is 34.2 Å². The van der Waals surface area contributed by atoms with Crippen molar-refractivity contribution in [2.24, 2.45) is 0 Å². The lowest BCUT2D eigenvalue weighted by molar-refractivity contribution is -0.116. The van der Waals surface area contributed by atoms with E-state index in [1.165, 1.54) is 0 Å². The highest BCUT2D eigenvalue weighted by molar-refractivity contribution is 7.07. The fourth-order valence-corrected chi connectivity index (χ4v) is 4.16. The minimum absolute atomic E-state index is 0.0209. The second kappa shape index (κ2) is 9.69. The van der Waals surface area contributed by atoms with Crippen molar-refractivity contribution in [1.82, 2.24) is 9.88 Å². The van der Waals surface area contributed by atoms with Crippen LogP contribution in [0.2, 0.25) is 0 Å². The maximum Gasteiger partial charge on any atom is 0.307 e. The lowest BCUT2D eigenvalue weighted by Gasteiger charge is -2.12. The lowest BCUT2D eigenvalue weighted by Crippen LogP contribution is -2.25. The van der Waals surface area contributed by atoms with Crippen LogP contribution in [0.4, 0.5) is 5.69 Å². The summed E-state index contributed by atoms with van der Waals surface area (Å²) in [5.74, 6) is 0.845. The molecule has 8 nitrogen and oxygen atoms in total. The fourth-order valence-electron chi connectivity index (χ4n) is 3.40. The van der Waals surface area contributed by atoms with Crippen LogP contribution in [0, 0.1) is 6.92 Å². The first-order valence-corrected chi connectivity index (χ1v) is 11.1. The maximum atomic E-state index is 12.7. The number of hydrogen-bond donors (Lipinski definition) is 2. The third-order valence-electron chi connectivity index (χ3n) is 5.10. The summed E-state index contributed by atoms with van der Waals surface area (Å²) in [6, 6.07) is 12.4. The number of benzene rings is 2. The van der Waals surface area contributed by atoms with Crippen molar-refractivity contribution in [3.8, 4) is 11.5 Å². The first kappa shape index (κ1) is 21.6. The Balaban J connectivity index is 1.33. The number of ether oxygens (including phenoxy) is 2. The molecule has 1 aliphatic heterocycles. The Labute approximate surface area is 188 Å². The molecular weight excluding hydrogens is 430 g/mol. The van der Waals surface area contributed by atoms with Gasteiger partial charge in [0.25, 0.3) is 5.91 Å². The average molecular weight is 454 g/mol. The minimum Gasteiger partial charge on any atom is -0.454 e. The van der Waals surface area contributed by atoms with Crippen LogP contribution in [0.5, 0.6) is 11.5 Å². The van der Waals surface area contributed by atoms with Gasteiger partial charge in [-0.05, 0) is 43.2 Å². The molecule has 0 fully saturated rings. The van der Waals surface area contributed by atoms with Crippen molar-refractivity contribution in [2.75, 3.05) is 12.1 Å². The Morgan fingerprint density at radius 3 is 2.75 bits per heavy atom. The van der Waals surface area contributed by atoms with Crippen LogP contribution in [0.1, 0.15) is 34.5 Å². The fraction of sp³-hybridized carbons (Fsp3) is 0.261. The smallest absolute Gasteiger partial charge is 0.307 e. The zero-order valence-electron chi connectivity index (χ0n) is 17.6. The largest absolute Gasteiger partial charge is 0.454 e. The maximum absolute atomic E-state index is 12.7. The van der Waals surface area contributed by atoms with Gasteiger partial charge in [0.2, 0.25) is 12.7 Å². The van der Waals surface area contributed by atoms with Gasteiger partial charge in [-0.25, -0.2) is 0 Å². The number of aromatic nitrogens is 1. The Morgan fingerprint density at radius 1 is 1.12 bits per heavy atom. The zero-order chi connectivity index (χ0) is 22.5. The molecule has 32 heavy (non-hydrogen) atoms. The second-order valence-electron chi connectivity index (χ2n) is 7.36. The number of amides is 2. The monoisotopic (exact) mass is 453 g/mol. The van der Waals surface area contributed by atoms with Crippen molar-refractivity contribution < 1.29 is 19.1 Å². The highest BCUT2D eigenvalue weighted by Gasteiger charge is 2.16. The highest BCUT2D eigenvalue weighted by atomic mass is 32.1. The molecule has 9 heteroatoms. The molecule has 3 aromatic rings. The van der Waals surface area contributed by atoms with E-state index in [4.69, 9.17) is 9.47 Å². The van der Waals surface area contributed by atoms with Gasteiger partial charge in [-0.1, -0.05) is 29.5 Å². The Bertz CT molecular complexity index is 1200. The molecule has 0 radical (unpaired) electrons. The molecule has 0 spiro atoms. The molecular formula is C23H23N3O5S. The van der Waals surface area contributed by atoms with Crippen molar-refractivity contribution in [2.45, 2.75) is 32.9 Å². The first-order valence-electron chi connectivity index (χ1n) is 10.2. The van der Waals surface area contributed by atoms with Crippen LogP contribution in [-0.2, 0) is 17.9 Å². The summed E-state index contributed by atoms with van der Waals surface area (Å²) in [6.07, 6.45) is 0.774. The van der Waals surface area contributed by atoms with E-state index >= 15 is 0 Å². The summed E-state index contributed by atoms with van der Waals surface area (Å²) in [7, 11) is 0. The summed E-state index contributed by atoms with van der Waals surface area (Å²) < 4.78 is 12.3. The molecule has 2 N–H and O–H groups in total. The first-order chi connectivity index (χ1) is 15.5. The normalized spacial score (nSPS) is 11.9. The van der Waals surface area contributed by atoms with E-state index in [-0.39, 0.29) is 29.9 Å². The Hall–Kier alpha value is -3.59.